The van der Waals surface area contributed by atoms with Crippen molar-refractivity contribution in [2.24, 2.45) is 0 Å². The van der Waals surface area contributed by atoms with Crippen LogP contribution in [0.25, 0.3) is 11.1 Å². The molecule has 3 aromatic rings. The summed E-state index contributed by atoms with van der Waals surface area (Å²) in [6.45, 7) is 27.8. The average Bonchev–Trinajstić information content (AvgIpc) is 3.18. The van der Waals surface area contributed by atoms with Gasteiger partial charge in [-0.05, 0) is 6.42 Å². The molecule has 0 spiro atoms. The van der Waals surface area contributed by atoms with E-state index < -0.39 is 16.1 Å². The van der Waals surface area contributed by atoms with E-state index in [1.54, 1.807) is 28.5 Å². The van der Waals surface area contributed by atoms with E-state index in [0.29, 0.717) is 0 Å². The van der Waals surface area contributed by atoms with Crippen molar-refractivity contribution in [3.05, 3.63) is 75.8 Å². The van der Waals surface area contributed by atoms with Gasteiger partial charge in [-0.3, -0.25) is 0 Å². The summed E-state index contributed by atoms with van der Waals surface area (Å²) in [4.78, 5) is 0. The summed E-state index contributed by atoms with van der Waals surface area (Å²) < 4.78 is 0. The largest absolute Gasteiger partial charge is 1.00 e. The van der Waals surface area contributed by atoms with E-state index in [4.69, 9.17) is 0 Å². The molecule has 0 aromatic heterocycles. The Morgan fingerprint density at radius 1 is 0.778 bits per heavy atom. The van der Waals surface area contributed by atoms with Crippen molar-refractivity contribution >= 4 is 32.0 Å². The fourth-order valence-electron chi connectivity index (χ4n) is 4.16. The van der Waals surface area contributed by atoms with Gasteiger partial charge in [0, 0.05) is 0 Å². The van der Waals surface area contributed by atoms with Gasteiger partial charge in [-0.2, -0.15) is 57.3 Å². The van der Waals surface area contributed by atoms with E-state index in [9.17, 15) is 0 Å². The summed E-state index contributed by atoms with van der Waals surface area (Å²) >= 11 is 1.74. The van der Waals surface area contributed by atoms with Crippen LogP contribution in [0.5, 0.6) is 0 Å². The number of hydrogen-bond donors (Lipinski definition) is 0. The van der Waals surface area contributed by atoms with Gasteiger partial charge in [0.05, 0.1) is 16.1 Å². The molecular weight excluding hydrogens is 607 g/mol. The summed E-state index contributed by atoms with van der Waals surface area (Å²) in [7, 11) is -2.49. The van der Waals surface area contributed by atoms with Gasteiger partial charge in [-0.25, -0.2) is 0 Å². The van der Waals surface area contributed by atoms with E-state index in [1.165, 1.54) is 49.7 Å². The van der Waals surface area contributed by atoms with Crippen LogP contribution >= 0.6 is 0 Å². The minimum absolute atomic E-state index is 0. The average molecular weight is 651 g/mol. The van der Waals surface area contributed by atoms with E-state index >= 15 is 0 Å². The molecule has 1 aliphatic rings. The van der Waals surface area contributed by atoms with Crippen molar-refractivity contribution in [2.45, 2.75) is 86.5 Å². The van der Waals surface area contributed by atoms with Crippen molar-refractivity contribution in [3.8, 4) is 11.1 Å². The number of hydrogen-bond acceptors (Lipinski definition) is 0. The summed E-state index contributed by atoms with van der Waals surface area (Å²) in [5, 5.41) is 3.03. The predicted octanol–water partition coefficient (Wildman–Crippen LogP) is 1.58. The van der Waals surface area contributed by atoms with Crippen LogP contribution in [0.15, 0.2) is 36.4 Å². The normalized spacial score (nSPS) is 11.5. The summed E-state index contributed by atoms with van der Waals surface area (Å²) in [6.07, 6.45) is 1.07. The zero-order valence-corrected chi connectivity index (χ0v) is 31.4. The standard InChI is InChI=1S/C19H25Si2.C9H13.C2H6Si.2ClH.Zr/c1-20(2,3)16-7-9-18-14(12-16)11-15-13-17(21(4,5)6)8-10-19(15)18;1-6-5-7(2)9(4)8(6)3;1-3-2;;;/h7-10,12H,11H2,1-6H3;5H,1-4H3;1-2H3;2*1H;/q2*-1;;;;+2/p-2. The number of fused-ring (bicyclic) bond motifs is 3. The summed E-state index contributed by atoms with van der Waals surface area (Å²) in [5.41, 5.74) is 11.7. The molecule has 4 rings (SSSR count). The predicted molar refractivity (Wildman–Crippen MR) is 158 cm³/mol. The third-order valence-electron chi connectivity index (χ3n) is 6.64. The van der Waals surface area contributed by atoms with Crippen LogP contribution in [0.4, 0.5) is 0 Å². The quantitative estimate of drug-likeness (QED) is 0.229. The Morgan fingerprint density at radius 3 is 1.64 bits per heavy atom. The van der Waals surface area contributed by atoms with Gasteiger partial charge in [-0.1, -0.05) is 101 Å². The molecule has 0 heterocycles. The van der Waals surface area contributed by atoms with Crippen molar-refractivity contribution in [1.29, 1.82) is 0 Å². The molecule has 1 aliphatic carbocycles. The van der Waals surface area contributed by atoms with E-state index in [0.717, 1.165) is 6.42 Å². The van der Waals surface area contributed by atoms with Crippen LogP contribution < -0.4 is 35.2 Å². The molecule has 6 heteroatoms. The van der Waals surface area contributed by atoms with Crippen LogP contribution in [-0.2, 0) is 29.8 Å². The first-order valence-corrected chi connectivity index (χ1v) is 25.6. The van der Waals surface area contributed by atoms with Gasteiger partial charge in [0.25, 0.3) is 0 Å². The van der Waals surface area contributed by atoms with Crippen molar-refractivity contribution in [1.82, 2.24) is 0 Å². The molecule has 0 radical (unpaired) electrons. The minimum Gasteiger partial charge on any atom is -1.00 e. The van der Waals surface area contributed by atoms with Crippen LogP contribution in [0.1, 0.15) is 33.4 Å². The second-order valence-electron chi connectivity index (χ2n) is 12.1. The zero-order chi connectivity index (χ0) is 26.0. The molecule has 0 bridgehead atoms. The van der Waals surface area contributed by atoms with E-state index in [1.807, 2.05) is 0 Å². The molecule has 0 atom stereocenters. The zero-order valence-electron chi connectivity index (χ0n) is 24.4. The van der Waals surface area contributed by atoms with Gasteiger partial charge in [-0.15, -0.1) is 5.56 Å². The van der Waals surface area contributed by atoms with Crippen molar-refractivity contribution in [2.75, 3.05) is 0 Å². The fourth-order valence-corrected chi connectivity index (χ4v) is 6.46. The maximum absolute atomic E-state index is 3.74. The second-order valence-corrected chi connectivity index (χ2v) is 31.6. The maximum Gasteiger partial charge on any atom is -0.0632 e. The maximum atomic E-state index is 3.74. The molecule has 0 fully saturated rings. The Balaban J connectivity index is 0.000000686. The minimum atomic E-state index is -1.27. The molecule has 0 amide bonds. The van der Waals surface area contributed by atoms with Gasteiger partial charge in [0.1, 0.15) is 0 Å². The van der Waals surface area contributed by atoms with Gasteiger partial charge < -0.3 is 24.8 Å². The molecule has 0 nitrogen and oxygen atoms in total. The third-order valence-corrected chi connectivity index (χ3v) is 10.6. The molecule has 196 valence electrons. The van der Waals surface area contributed by atoms with Gasteiger partial charge >= 0.3 is 41.9 Å². The number of aryl methyl sites for hydroxylation is 2. The van der Waals surface area contributed by atoms with Crippen molar-refractivity contribution in [3.63, 3.8) is 0 Å². The second kappa shape index (κ2) is 14.3. The molecule has 0 N–H and O–H groups in total. The number of benzene rings is 2. The molecule has 0 aliphatic heterocycles. The smallest absolute Gasteiger partial charge is 0.0632 e. The van der Waals surface area contributed by atoms with Crippen molar-refractivity contribution < 1.29 is 48.1 Å². The Kier molecular flexibility index (Phi) is 14.3. The summed E-state index contributed by atoms with van der Waals surface area (Å²) in [5.74, 6) is 0. The molecular formula is C30H44Cl2Si3Zr-2. The topological polar surface area (TPSA) is 0 Å². The van der Waals surface area contributed by atoms with Crippen LogP contribution in [0, 0.1) is 33.8 Å². The molecule has 36 heavy (non-hydrogen) atoms. The SMILES string of the molecule is C[Si](C)(C)c1[c-]c2c(cc1)-c1ccc([Si](C)(C)C)cc1C2.C[Si](C)=[Zr+2].Cc1[cH-]c(C)c(C)c1C.[Cl-].[Cl-]. The van der Waals surface area contributed by atoms with Crippen LogP contribution in [0.3, 0.4) is 0 Å². The van der Waals surface area contributed by atoms with Gasteiger partial charge in [0.15, 0.2) is 0 Å². The molecule has 0 unspecified atom stereocenters. The fraction of sp³-hybridized carbons (Fsp3) is 0.433. The Hall–Kier alpha value is -0.0962. The molecule has 0 saturated heterocycles. The number of rotatable bonds is 2. The molecule has 3 aromatic carbocycles. The first kappa shape index (κ1) is 35.9. The Labute approximate surface area is 251 Å². The van der Waals surface area contributed by atoms with Gasteiger partial charge in [0.2, 0.25) is 0 Å². The van der Waals surface area contributed by atoms with E-state index in [2.05, 4.69) is 123 Å². The Morgan fingerprint density at radius 2 is 1.25 bits per heavy atom. The first-order valence-electron chi connectivity index (χ1n) is 12.4. The molecule has 0 saturated carbocycles. The van der Waals surface area contributed by atoms with Crippen LogP contribution in [0.2, 0.25) is 52.4 Å². The van der Waals surface area contributed by atoms with E-state index in [-0.39, 0.29) is 30.2 Å². The first-order chi connectivity index (χ1) is 15.5. The Bertz CT molecular complexity index is 1090. The van der Waals surface area contributed by atoms with Crippen LogP contribution in [-0.4, -0.2) is 21.6 Å². The third kappa shape index (κ3) is 9.58. The number of halogens is 2. The summed E-state index contributed by atoms with van der Waals surface area (Å²) in [6, 6.07) is 17.8. The monoisotopic (exact) mass is 648 g/mol.